The molecular formula is C25H35N3O5S. The zero-order valence-electron chi connectivity index (χ0n) is 20.7. The van der Waals surface area contributed by atoms with Crippen molar-refractivity contribution in [1.82, 2.24) is 14.9 Å². The molecule has 0 bridgehead atoms. The lowest BCUT2D eigenvalue weighted by atomic mass is 10.0. The summed E-state index contributed by atoms with van der Waals surface area (Å²) in [5, 5.41) is 5.72. The largest absolute Gasteiger partial charge is 0.496 e. The van der Waals surface area contributed by atoms with Crippen LogP contribution in [0.3, 0.4) is 0 Å². The third-order valence-electron chi connectivity index (χ3n) is 5.67. The Labute approximate surface area is 202 Å². The quantitative estimate of drug-likeness (QED) is 0.504. The van der Waals surface area contributed by atoms with Crippen molar-refractivity contribution >= 4 is 21.8 Å². The summed E-state index contributed by atoms with van der Waals surface area (Å²) < 4.78 is 32.0. The van der Waals surface area contributed by atoms with Crippen LogP contribution in [0.2, 0.25) is 0 Å². The monoisotopic (exact) mass is 489 g/mol. The Morgan fingerprint density at radius 1 is 0.941 bits per heavy atom. The van der Waals surface area contributed by atoms with Crippen LogP contribution in [0.25, 0.3) is 0 Å². The normalized spacial score (nSPS) is 13.4. The number of carbonyl (C=O) groups excluding carboxylic acids is 2. The summed E-state index contributed by atoms with van der Waals surface area (Å²) in [6, 6.07) is 12.2. The van der Waals surface area contributed by atoms with Gasteiger partial charge in [-0.1, -0.05) is 52.0 Å². The van der Waals surface area contributed by atoms with Crippen molar-refractivity contribution in [3.8, 4) is 5.75 Å². The second-order valence-electron chi connectivity index (χ2n) is 8.28. The van der Waals surface area contributed by atoms with Gasteiger partial charge in [-0.2, -0.15) is 4.31 Å². The highest BCUT2D eigenvalue weighted by Gasteiger charge is 2.27. The molecule has 0 aliphatic carbocycles. The van der Waals surface area contributed by atoms with E-state index in [1.54, 1.807) is 62.4 Å². The Morgan fingerprint density at radius 2 is 1.53 bits per heavy atom. The number of ether oxygens (including phenoxy) is 1. The van der Waals surface area contributed by atoms with Gasteiger partial charge in [0.25, 0.3) is 5.91 Å². The number of benzene rings is 2. The van der Waals surface area contributed by atoms with Crippen molar-refractivity contribution in [2.75, 3.05) is 20.2 Å². The van der Waals surface area contributed by atoms with Crippen LogP contribution in [0, 0.1) is 5.92 Å². The van der Waals surface area contributed by atoms with Crippen molar-refractivity contribution in [3.05, 3.63) is 59.7 Å². The van der Waals surface area contributed by atoms with Crippen LogP contribution in [0.15, 0.2) is 53.4 Å². The first kappa shape index (κ1) is 27.3. The summed E-state index contributed by atoms with van der Waals surface area (Å²) in [4.78, 5) is 26.0. The topological polar surface area (TPSA) is 105 Å². The molecule has 0 aliphatic rings. The molecule has 186 valence electrons. The number of hydrogen-bond acceptors (Lipinski definition) is 5. The predicted molar refractivity (Wildman–Crippen MR) is 132 cm³/mol. The lowest BCUT2D eigenvalue weighted by molar-refractivity contribution is -0.124. The van der Waals surface area contributed by atoms with Gasteiger partial charge >= 0.3 is 0 Å². The molecule has 8 nitrogen and oxygen atoms in total. The van der Waals surface area contributed by atoms with Gasteiger partial charge in [-0.3, -0.25) is 9.59 Å². The van der Waals surface area contributed by atoms with Crippen LogP contribution in [-0.2, 0) is 14.8 Å². The molecule has 34 heavy (non-hydrogen) atoms. The van der Waals surface area contributed by atoms with Gasteiger partial charge in [-0.15, -0.1) is 0 Å². The van der Waals surface area contributed by atoms with Crippen molar-refractivity contribution in [2.24, 2.45) is 5.92 Å². The van der Waals surface area contributed by atoms with Crippen molar-refractivity contribution in [2.45, 2.75) is 51.6 Å². The van der Waals surface area contributed by atoms with E-state index in [2.05, 4.69) is 10.6 Å². The molecule has 0 fully saturated rings. The Morgan fingerprint density at radius 3 is 2.06 bits per heavy atom. The van der Waals surface area contributed by atoms with E-state index >= 15 is 0 Å². The highest BCUT2D eigenvalue weighted by Crippen LogP contribution is 2.21. The van der Waals surface area contributed by atoms with Gasteiger partial charge in [0, 0.05) is 13.1 Å². The minimum Gasteiger partial charge on any atom is -0.496 e. The first-order valence-corrected chi connectivity index (χ1v) is 12.8. The number of nitrogens with zero attached hydrogens (tertiary/aromatic N) is 1. The predicted octanol–water partition coefficient (Wildman–Crippen LogP) is 3.36. The molecule has 0 aliphatic heterocycles. The molecule has 0 heterocycles. The summed E-state index contributed by atoms with van der Waals surface area (Å²) in [5.74, 6) is -0.459. The molecule has 2 aromatic rings. The maximum atomic E-state index is 13.0. The standard InChI is InChI=1S/C25H35N3O5S/c1-7-28(8-2)34(31,32)20-15-13-19(14-16-20)18(5)26-25(30)23(17(3)4)27-24(29)21-11-9-10-12-22(21)33-6/h9-18,23H,7-8H2,1-6H3,(H,26,30)(H,27,29)/t18?,23-/m0/s1. The summed E-state index contributed by atoms with van der Waals surface area (Å²) in [7, 11) is -2.06. The lowest BCUT2D eigenvalue weighted by Gasteiger charge is -2.25. The fourth-order valence-corrected chi connectivity index (χ4v) is 5.07. The fourth-order valence-electron chi connectivity index (χ4n) is 3.61. The number of hydrogen-bond donors (Lipinski definition) is 2. The van der Waals surface area contributed by atoms with Gasteiger partial charge in [0.05, 0.1) is 23.6 Å². The molecule has 0 saturated carbocycles. The third-order valence-corrected chi connectivity index (χ3v) is 7.73. The van der Waals surface area contributed by atoms with Crippen molar-refractivity contribution in [1.29, 1.82) is 0 Å². The van der Waals surface area contributed by atoms with Gasteiger partial charge in [-0.05, 0) is 42.7 Å². The minimum atomic E-state index is -3.55. The zero-order chi connectivity index (χ0) is 25.5. The van der Waals surface area contributed by atoms with Crippen LogP contribution in [0.4, 0.5) is 0 Å². The number of methoxy groups -OCH3 is 1. The number of sulfonamides is 1. The van der Waals surface area contributed by atoms with E-state index in [0.29, 0.717) is 24.4 Å². The van der Waals surface area contributed by atoms with E-state index in [1.807, 2.05) is 20.8 Å². The first-order valence-electron chi connectivity index (χ1n) is 11.4. The zero-order valence-corrected chi connectivity index (χ0v) is 21.5. The van der Waals surface area contributed by atoms with Crippen LogP contribution >= 0.6 is 0 Å². The van der Waals surface area contributed by atoms with Gasteiger partial charge in [0.2, 0.25) is 15.9 Å². The first-order chi connectivity index (χ1) is 16.1. The van der Waals surface area contributed by atoms with Gasteiger partial charge < -0.3 is 15.4 Å². The molecule has 0 spiro atoms. The van der Waals surface area contributed by atoms with E-state index in [1.165, 1.54) is 11.4 Å². The third kappa shape index (κ3) is 6.36. The van der Waals surface area contributed by atoms with Gasteiger partial charge in [-0.25, -0.2) is 8.42 Å². The van der Waals surface area contributed by atoms with Crippen LogP contribution in [-0.4, -0.2) is 50.8 Å². The molecule has 0 saturated heterocycles. The van der Waals surface area contributed by atoms with Crippen molar-refractivity contribution < 1.29 is 22.7 Å². The van der Waals surface area contributed by atoms with Gasteiger partial charge in [0.15, 0.2) is 0 Å². The molecule has 2 rings (SSSR count). The SMILES string of the molecule is CCN(CC)S(=O)(=O)c1ccc(C(C)NC(=O)[C@@H](NC(=O)c2ccccc2OC)C(C)C)cc1. The van der Waals surface area contributed by atoms with E-state index < -0.39 is 22.0 Å². The fraction of sp³-hybridized carbons (Fsp3) is 0.440. The summed E-state index contributed by atoms with van der Waals surface area (Å²) in [6.45, 7) is 9.89. The number of nitrogens with one attached hydrogen (secondary N) is 2. The number of rotatable bonds is 11. The molecule has 2 amide bonds. The van der Waals surface area contributed by atoms with E-state index in [9.17, 15) is 18.0 Å². The highest BCUT2D eigenvalue weighted by atomic mass is 32.2. The minimum absolute atomic E-state index is 0.160. The Hall–Kier alpha value is -2.91. The van der Waals surface area contributed by atoms with Crippen LogP contribution in [0.5, 0.6) is 5.75 Å². The maximum Gasteiger partial charge on any atom is 0.255 e. The molecule has 2 atom stereocenters. The molecule has 9 heteroatoms. The van der Waals surface area contributed by atoms with E-state index in [4.69, 9.17) is 4.74 Å². The molecule has 2 N–H and O–H groups in total. The summed E-state index contributed by atoms with van der Waals surface area (Å²) >= 11 is 0. The number of amides is 2. The average Bonchev–Trinajstić information content (AvgIpc) is 2.82. The van der Waals surface area contributed by atoms with Crippen molar-refractivity contribution in [3.63, 3.8) is 0 Å². The second-order valence-corrected chi connectivity index (χ2v) is 10.2. The highest BCUT2D eigenvalue weighted by molar-refractivity contribution is 7.89. The second kappa shape index (κ2) is 12.0. The number of carbonyl (C=O) groups is 2. The summed E-state index contributed by atoms with van der Waals surface area (Å²) in [5.41, 5.74) is 1.10. The Balaban J connectivity index is 2.13. The lowest BCUT2D eigenvalue weighted by Crippen LogP contribution is -2.50. The van der Waals surface area contributed by atoms with Gasteiger partial charge in [0.1, 0.15) is 11.8 Å². The molecule has 0 aromatic heterocycles. The summed E-state index contributed by atoms with van der Waals surface area (Å²) in [6.07, 6.45) is 0. The average molecular weight is 490 g/mol. The Bertz CT molecular complexity index is 1080. The molecule has 1 unspecified atom stereocenters. The molecule has 2 aromatic carbocycles. The smallest absolute Gasteiger partial charge is 0.255 e. The molecule has 0 radical (unpaired) electrons. The Kier molecular flexibility index (Phi) is 9.64. The van der Waals surface area contributed by atoms with Crippen LogP contribution in [0.1, 0.15) is 56.6 Å². The van der Waals surface area contributed by atoms with E-state index in [-0.39, 0.29) is 22.8 Å². The van der Waals surface area contributed by atoms with Crippen LogP contribution < -0.4 is 15.4 Å². The number of para-hydroxylation sites is 1. The maximum absolute atomic E-state index is 13.0. The van der Waals surface area contributed by atoms with E-state index in [0.717, 1.165) is 5.56 Å². The molecular weight excluding hydrogens is 454 g/mol.